The summed E-state index contributed by atoms with van der Waals surface area (Å²) in [4.78, 5) is 13.8. The van der Waals surface area contributed by atoms with Crippen molar-refractivity contribution in [2.24, 2.45) is 5.73 Å². The number of ether oxygens (including phenoxy) is 2. The van der Waals surface area contributed by atoms with Crippen LogP contribution in [0.2, 0.25) is 0 Å². The van der Waals surface area contributed by atoms with Gasteiger partial charge in [0.25, 0.3) is 0 Å². The lowest BCUT2D eigenvalue weighted by molar-refractivity contribution is -0.111. The molecule has 1 amide bonds. The van der Waals surface area contributed by atoms with Crippen molar-refractivity contribution in [3.63, 3.8) is 0 Å². The predicted molar refractivity (Wildman–Crippen MR) is 68.3 cm³/mol. The zero-order chi connectivity index (χ0) is 13.4. The van der Waals surface area contributed by atoms with Gasteiger partial charge >= 0.3 is 6.09 Å². The quantitative estimate of drug-likeness (QED) is 0.713. The number of morpholine rings is 1. The molecular weight excluding hydrogens is 232 g/mol. The minimum atomic E-state index is -0.458. The fourth-order valence-electron chi connectivity index (χ4n) is 2.73. The third kappa shape index (κ3) is 2.78. The Labute approximate surface area is 109 Å². The highest BCUT2D eigenvalue weighted by Crippen LogP contribution is 2.35. The van der Waals surface area contributed by atoms with E-state index in [-0.39, 0.29) is 17.7 Å². The largest absolute Gasteiger partial charge is 0.444 e. The first-order valence-electron chi connectivity index (χ1n) is 6.70. The molecule has 18 heavy (non-hydrogen) atoms. The summed E-state index contributed by atoms with van der Waals surface area (Å²) in [5.41, 5.74) is 5.33. The number of hydrogen-bond donors (Lipinski definition) is 1. The van der Waals surface area contributed by atoms with Gasteiger partial charge in [-0.25, -0.2) is 4.79 Å². The molecule has 2 rings (SSSR count). The summed E-state index contributed by atoms with van der Waals surface area (Å²) in [6.45, 7) is 7.33. The minimum Gasteiger partial charge on any atom is -0.444 e. The summed E-state index contributed by atoms with van der Waals surface area (Å²) in [7, 11) is 0. The minimum absolute atomic E-state index is 0.0303. The zero-order valence-electron chi connectivity index (χ0n) is 11.6. The Balaban J connectivity index is 2.01. The molecule has 2 atom stereocenters. The fourth-order valence-corrected chi connectivity index (χ4v) is 2.73. The first kappa shape index (κ1) is 13.6. The average molecular weight is 256 g/mol. The van der Waals surface area contributed by atoms with Crippen molar-refractivity contribution in [2.45, 2.75) is 57.3 Å². The SMILES string of the molecule is CC(C)(C)OC(=O)N1CCOC2(CCCC2N)C1. The molecule has 1 aliphatic carbocycles. The summed E-state index contributed by atoms with van der Waals surface area (Å²) in [6, 6.07) is 0.0303. The molecule has 2 aliphatic rings. The van der Waals surface area contributed by atoms with E-state index in [0.717, 1.165) is 19.3 Å². The summed E-state index contributed by atoms with van der Waals surface area (Å²) >= 11 is 0. The van der Waals surface area contributed by atoms with Crippen molar-refractivity contribution in [1.82, 2.24) is 4.90 Å². The molecule has 0 aromatic rings. The van der Waals surface area contributed by atoms with Crippen LogP contribution in [-0.2, 0) is 9.47 Å². The molecule has 104 valence electrons. The molecule has 1 heterocycles. The van der Waals surface area contributed by atoms with E-state index in [4.69, 9.17) is 15.2 Å². The molecule has 5 nitrogen and oxygen atoms in total. The molecule has 1 aliphatic heterocycles. The second-order valence-electron chi connectivity index (χ2n) is 6.31. The topological polar surface area (TPSA) is 64.8 Å². The maximum absolute atomic E-state index is 12.1. The monoisotopic (exact) mass is 256 g/mol. The van der Waals surface area contributed by atoms with Gasteiger partial charge in [0.2, 0.25) is 0 Å². The van der Waals surface area contributed by atoms with Crippen LogP contribution in [0, 0.1) is 0 Å². The molecule has 0 bridgehead atoms. The smallest absolute Gasteiger partial charge is 0.410 e. The number of nitrogens with zero attached hydrogens (tertiary/aromatic N) is 1. The van der Waals surface area contributed by atoms with Crippen molar-refractivity contribution >= 4 is 6.09 Å². The van der Waals surface area contributed by atoms with Crippen LogP contribution in [0.1, 0.15) is 40.0 Å². The van der Waals surface area contributed by atoms with Gasteiger partial charge in [-0.2, -0.15) is 0 Å². The fraction of sp³-hybridized carbons (Fsp3) is 0.923. The van der Waals surface area contributed by atoms with Crippen LogP contribution in [0.5, 0.6) is 0 Å². The lowest BCUT2D eigenvalue weighted by Gasteiger charge is -2.43. The Bertz CT molecular complexity index is 327. The molecule has 2 unspecified atom stereocenters. The van der Waals surface area contributed by atoms with E-state index < -0.39 is 5.60 Å². The highest BCUT2D eigenvalue weighted by molar-refractivity contribution is 5.68. The van der Waals surface area contributed by atoms with Crippen LogP contribution in [0.3, 0.4) is 0 Å². The molecular formula is C13H24N2O3. The summed E-state index contributed by atoms with van der Waals surface area (Å²) in [5, 5.41) is 0. The molecule has 0 aromatic heterocycles. The Hall–Kier alpha value is -0.810. The number of amides is 1. The lowest BCUT2D eigenvalue weighted by Crippen LogP contribution is -2.59. The molecule has 1 spiro atoms. The third-order valence-corrected chi connectivity index (χ3v) is 3.65. The normalized spacial score (nSPS) is 32.9. The zero-order valence-corrected chi connectivity index (χ0v) is 11.6. The van der Waals surface area contributed by atoms with Gasteiger partial charge in [0.1, 0.15) is 11.2 Å². The summed E-state index contributed by atoms with van der Waals surface area (Å²) in [5.74, 6) is 0. The van der Waals surface area contributed by atoms with Crippen LogP contribution >= 0.6 is 0 Å². The number of carbonyl (C=O) groups is 1. The van der Waals surface area contributed by atoms with E-state index in [1.807, 2.05) is 20.8 Å². The van der Waals surface area contributed by atoms with E-state index in [1.54, 1.807) is 4.90 Å². The van der Waals surface area contributed by atoms with Gasteiger partial charge in [0.15, 0.2) is 0 Å². The number of hydrogen-bond acceptors (Lipinski definition) is 4. The standard InChI is InChI=1S/C13H24N2O3/c1-12(2,3)18-11(16)15-7-8-17-13(9-15)6-4-5-10(13)14/h10H,4-9,14H2,1-3H3. The molecule has 2 fully saturated rings. The van der Waals surface area contributed by atoms with Gasteiger partial charge in [-0.3, -0.25) is 0 Å². The Morgan fingerprint density at radius 3 is 2.78 bits per heavy atom. The molecule has 0 radical (unpaired) electrons. The first-order chi connectivity index (χ1) is 8.32. The molecule has 2 N–H and O–H groups in total. The Morgan fingerprint density at radius 2 is 2.22 bits per heavy atom. The number of rotatable bonds is 0. The maximum atomic E-state index is 12.1. The van der Waals surface area contributed by atoms with Crippen LogP contribution < -0.4 is 5.73 Å². The predicted octanol–water partition coefficient (Wildman–Crippen LogP) is 1.50. The van der Waals surface area contributed by atoms with Gasteiger partial charge in [-0.05, 0) is 40.0 Å². The van der Waals surface area contributed by atoms with Crippen LogP contribution in [0.4, 0.5) is 4.79 Å². The Kier molecular flexibility index (Phi) is 3.56. The maximum Gasteiger partial charge on any atom is 0.410 e. The first-order valence-corrected chi connectivity index (χ1v) is 6.70. The van der Waals surface area contributed by atoms with Crippen molar-refractivity contribution in [1.29, 1.82) is 0 Å². The summed E-state index contributed by atoms with van der Waals surface area (Å²) in [6.07, 6.45) is 2.73. The van der Waals surface area contributed by atoms with Gasteiger partial charge in [0.05, 0.1) is 13.2 Å². The van der Waals surface area contributed by atoms with E-state index >= 15 is 0 Å². The number of nitrogens with two attached hydrogens (primary N) is 1. The highest BCUT2D eigenvalue weighted by atomic mass is 16.6. The van der Waals surface area contributed by atoms with E-state index in [1.165, 1.54) is 0 Å². The van der Waals surface area contributed by atoms with Crippen LogP contribution in [0.25, 0.3) is 0 Å². The van der Waals surface area contributed by atoms with E-state index in [9.17, 15) is 4.79 Å². The van der Waals surface area contributed by atoms with Gasteiger partial charge in [-0.15, -0.1) is 0 Å². The molecule has 1 saturated carbocycles. The second kappa shape index (κ2) is 4.70. The molecule has 1 saturated heterocycles. The van der Waals surface area contributed by atoms with E-state index in [2.05, 4.69) is 0 Å². The summed E-state index contributed by atoms with van der Waals surface area (Å²) < 4.78 is 11.3. The van der Waals surface area contributed by atoms with Gasteiger partial charge in [0, 0.05) is 12.6 Å². The highest BCUT2D eigenvalue weighted by Gasteiger charge is 2.46. The van der Waals surface area contributed by atoms with Crippen molar-refractivity contribution in [3.8, 4) is 0 Å². The van der Waals surface area contributed by atoms with Gasteiger partial charge in [-0.1, -0.05) is 0 Å². The number of carbonyl (C=O) groups excluding carboxylic acids is 1. The molecule has 0 aromatic carbocycles. The van der Waals surface area contributed by atoms with Gasteiger partial charge < -0.3 is 20.1 Å². The van der Waals surface area contributed by atoms with Crippen molar-refractivity contribution in [3.05, 3.63) is 0 Å². The average Bonchev–Trinajstić information content (AvgIpc) is 2.58. The van der Waals surface area contributed by atoms with Crippen LogP contribution in [0.15, 0.2) is 0 Å². The van der Waals surface area contributed by atoms with Crippen LogP contribution in [-0.4, -0.2) is 47.9 Å². The molecule has 5 heteroatoms. The second-order valence-corrected chi connectivity index (χ2v) is 6.31. The Morgan fingerprint density at radius 1 is 1.50 bits per heavy atom. The van der Waals surface area contributed by atoms with E-state index in [0.29, 0.717) is 19.7 Å². The van der Waals surface area contributed by atoms with Crippen molar-refractivity contribution < 1.29 is 14.3 Å². The lowest BCUT2D eigenvalue weighted by atomic mass is 9.96. The van der Waals surface area contributed by atoms with Crippen molar-refractivity contribution in [2.75, 3.05) is 19.7 Å². The third-order valence-electron chi connectivity index (χ3n) is 3.65.